The molecule has 0 atom stereocenters. The number of thioether (sulfide) groups is 1. The van der Waals surface area contributed by atoms with E-state index >= 15 is 0 Å². The van der Waals surface area contributed by atoms with Gasteiger partial charge in [-0.3, -0.25) is 9.78 Å². The molecule has 60 valence electrons. The van der Waals surface area contributed by atoms with Crippen LogP contribution in [0.15, 0.2) is 15.7 Å². The Morgan fingerprint density at radius 3 is 2.73 bits per heavy atom. The fourth-order valence-corrected chi connectivity index (χ4v) is 1.22. The highest BCUT2D eigenvalue weighted by molar-refractivity contribution is 7.97. The fourth-order valence-electron chi connectivity index (χ4n) is 0.753. The average Bonchev–Trinajstić information content (AvgIpc) is 1.85. The normalized spacial score (nSPS) is 9.91. The van der Waals surface area contributed by atoms with Crippen molar-refractivity contribution in [3.63, 3.8) is 0 Å². The highest BCUT2D eigenvalue weighted by Crippen LogP contribution is 2.00. The molecule has 1 rings (SSSR count). The Hall–Kier alpha value is -0.970. The summed E-state index contributed by atoms with van der Waals surface area (Å²) in [6.45, 7) is 0. The Morgan fingerprint density at radius 2 is 2.18 bits per heavy atom. The van der Waals surface area contributed by atoms with Crippen LogP contribution in [0.5, 0.6) is 0 Å². The van der Waals surface area contributed by atoms with E-state index in [1.54, 1.807) is 11.8 Å². The molecule has 0 aliphatic rings. The van der Waals surface area contributed by atoms with Crippen molar-refractivity contribution in [3.05, 3.63) is 32.6 Å². The summed E-state index contributed by atoms with van der Waals surface area (Å²) in [6.07, 6.45) is 1.90. The topological polar surface area (TPSA) is 65.7 Å². The largest absolute Gasteiger partial charge is 0.325 e. The minimum absolute atomic E-state index is 0.349. The van der Waals surface area contributed by atoms with E-state index in [0.717, 1.165) is 0 Å². The van der Waals surface area contributed by atoms with E-state index in [2.05, 4.69) is 9.97 Å². The molecule has 0 aliphatic carbocycles. The Kier molecular flexibility index (Phi) is 2.53. The molecule has 0 spiro atoms. The van der Waals surface area contributed by atoms with E-state index in [1.807, 2.05) is 6.26 Å². The maximum atomic E-state index is 10.7. The van der Waals surface area contributed by atoms with Crippen LogP contribution in [0.1, 0.15) is 5.69 Å². The molecule has 0 aromatic carbocycles. The fraction of sp³-hybridized carbons (Fsp3) is 0.333. The van der Waals surface area contributed by atoms with E-state index in [4.69, 9.17) is 0 Å². The van der Waals surface area contributed by atoms with Crippen molar-refractivity contribution in [3.8, 4) is 0 Å². The smallest absolute Gasteiger partial charge is 0.310 e. The summed E-state index contributed by atoms with van der Waals surface area (Å²) in [5.74, 6) is 0.652. The lowest BCUT2D eigenvalue weighted by Crippen LogP contribution is -2.22. The summed E-state index contributed by atoms with van der Waals surface area (Å²) in [4.78, 5) is 26.0. The lowest BCUT2D eigenvalue weighted by Gasteiger charge is -1.94. The number of hydrogen-bond donors (Lipinski definition) is 2. The average molecular weight is 172 g/mol. The second-order valence-corrected chi connectivity index (χ2v) is 2.91. The maximum absolute atomic E-state index is 10.7. The van der Waals surface area contributed by atoms with E-state index in [0.29, 0.717) is 11.4 Å². The lowest BCUT2D eigenvalue weighted by atomic mass is 10.5. The highest BCUT2D eigenvalue weighted by Gasteiger charge is 1.93. The number of nitrogens with one attached hydrogen (secondary N) is 2. The van der Waals surface area contributed by atoms with Gasteiger partial charge in [0.05, 0.1) is 0 Å². The van der Waals surface area contributed by atoms with Gasteiger partial charge in [0, 0.05) is 17.5 Å². The molecule has 0 aliphatic heterocycles. The third-order valence-electron chi connectivity index (χ3n) is 1.12. The first-order valence-corrected chi connectivity index (χ1v) is 4.43. The molecule has 2 N–H and O–H groups in total. The molecule has 0 saturated heterocycles. The zero-order chi connectivity index (χ0) is 8.27. The van der Waals surface area contributed by atoms with Crippen LogP contribution in [0.25, 0.3) is 0 Å². The Balaban J connectivity index is 3.09. The third-order valence-corrected chi connectivity index (χ3v) is 1.72. The second kappa shape index (κ2) is 3.43. The van der Waals surface area contributed by atoms with Crippen LogP contribution in [-0.2, 0) is 5.75 Å². The number of aromatic amines is 2. The first-order valence-electron chi connectivity index (χ1n) is 3.04. The lowest BCUT2D eigenvalue weighted by molar-refractivity contribution is 0.987. The van der Waals surface area contributed by atoms with Gasteiger partial charge in [0.1, 0.15) is 0 Å². The van der Waals surface area contributed by atoms with Crippen LogP contribution < -0.4 is 11.2 Å². The van der Waals surface area contributed by atoms with Crippen LogP contribution >= 0.6 is 11.8 Å². The SMILES string of the molecule is CSCc1cc(=O)[nH]c(=O)[nH]1. The molecule has 4 nitrogen and oxygen atoms in total. The second-order valence-electron chi connectivity index (χ2n) is 2.05. The number of rotatable bonds is 2. The Morgan fingerprint density at radius 1 is 1.45 bits per heavy atom. The minimum atomic E-state index is -0.443. The first-order chi connectivity index (χ1) is 5.22. The molecule has 0 saturated carbocycles. The van der Waals surface area contributed by atoms with Gasteiger partial charge < -0.3 is 4.98 Å². The van der Waals surface area contributed by atoms with Crippen molar-refractivity contribution in [2.24, 2.45) is 0 Å². The van der Waals surface area contributed by atoms with Crippen molar-refractivity contribution in [2.75, 3.05) is 6.26 Å². The molecule has 5 heteroatoms. The summed E-state index contributed by atoms with van der Waals surface area (Å²) in [6, 6.07) is 1.39. The summed E-state index contributed by atoms with van der Waals surface area (Å²) < 4.78 is 0. The van der Waals surface area contributed by atoms with Crippen LogP contribution in [0.4, 0.5) is 0 Å². The van der Waals surface area contributed by atoms with Gasteiger partial charge in [-0.05, 0) is 6.26 Å². The number of H-pyrrole nitrogens is 2. The molecule has 1 aromatic heterocycles. The zero-order valence-electron chi connectivity index (χ0n) is 6.01. The third kappa shape index (κ3) is 2.27. The van der Waals surface area contributed by atoms with E-state index in [9.17, 15) is 9.59 Å². The van der Waals surface area contributed by atoms with E-state index < -0.39 is 5.69 Å². The highest BCUT2D eigenvalue weighted by atomic mass is 32.2. The molecular formula is C6H8N2O2S. The molecular weight excluding hydrogens is 164 g/mol. The maximum Gasteiger partial charge on any atom is 0.325 e. The molecule has 11 heavy (non-hydrogen) atoms. The van der Waals surface area contributed by atoms with Crippen molar-refractivity contribution >= 4 is 11.8 Å². The Labute approximate surface area is 67.0 Å². The van der Waals surface area contributed by atoms with Crippen molar-refractivity contribution in [1.29, 1.82) is 0 Å². The minimum Gasteiger partial charge on any atom is -0.310 e. The summed E-state index contributed by atoms with van der Waals surface area (Å²) >= 11 is 1.55. The summed E-state index contributed by atoms with van der Waals surface area (Å²) in [7, 11) is 0. The molecule has 0 amide bonds. The van der Waals surface area contributed by atoms with Crippen LogP contribution in [0.3, 0.4) is 0 Å². The van der Waals surface area contributed by atoms with Gasteiger partial charge in [0.2, 0.25) is 0 Å². The quantitative estimate of drug-likeness (QED) is 0.656. The number of aromatic nitrogens is 2. The van der Waals surface area contributed by atoms with Gasteiger partial charge in [-0.2, -0.15) is 11.8 Å². The Bertz CT molecular complexity index is 313. The van der Waals surface area contributed by atoms with Crippen LogP contribution in [0, 0.1) is 0 Å². The van der Waals surface area contributed by atoms with Gasteiger partial charge >= 0.3 is 5.69 Å². The van der Waals surface area contributed by atoms with Crippen molar-refractivity contribution in [2.45, 2.75) is 5.75 Å². The summed E-state index contributed by atoms with van der Waals surface area (Å²) in [5, 5.41) is 0. The number of hydrogen-bond acceptors (Lipinski definition) is 3. The predicted octanol–water partition coefficient (Wildman–Crippen LogP) is -0.0738. The molecule has 0 bridgehead atoms. The standard InChI is InChI=1S/C6H8N2O2S/c1-11-3-4-2-5(9)8-6(10)7-4/h2H,3H2,1H3,(H2,7,8,9,10). The van der Waals surface area contributed by atoms with E-state index in [1.165, 1.54) is 6.07 Å². The van der Waals surface area contributed by atoms with Gasteiger partial charge in [-0.25, -0.2) is 4.79 Å². The summed E-state index contributed by atoms with van der Waals surface area (Å²) in [5.41, 5.74) is -0.134. The molecule has 1 heterocycles. The van der Waals surface area contributed by atoms with Crippen molar-refractivity contribution in [1.82, 2.24) is 9.97 Å². The van der Waals surface area contributed by atoms with Gasteiger partial charge in [-0.15, -0.1) is 0 Å². The molecule has 0 unspecified atom stereocenters. The van der Waals surface area contributed by atoms with Gasteiger partial charge in [-0.1, -0.05) is 0 Å². The molecule has 0 fully saturated rings. The van der Waals surface area contributed by atoms with Gasteiger partial charge in [0.15, 0.2) is 0 Å². The zero-order valence-corrected chi connectivity index (χ0v) is 6.83. The molecule has 1 aromatic rings. The van der Waals surface area contributed by atoms with Gasteiger partial charge in [0.25, 0.3) is 5.56 Å². The first kappa shape index (κ1) is 8.13. The van der Waals surface area contributed by atoms with Crippen LogP contribution in [-0.4, -0.2) is 16.2 Å². The predicted molar refractivity (Wildman–Crippen MR) is 44.9 cm³/mol. The van der Waals surface area contributed by atoms with Crippen molar-refractivity contribution < 1.29 is 0 Å². The molecule has 0 radical (unpaired) electrons. The van der Waals surface area contributed by atoms with Crippen LogP contribution in [0.2, 0.25) is 0 Å². The van der Waals surface area contributed by atoms with E-state index in [-0.39, 0.29) is 5.56 Å². The monoisotopic (exact) mass is 172 g/mol.